The van der Waals surface area contributed by atoms with Crippen molar-refractivity contribution in [3.8, 4) is 0 Å². The maximum absolute atomic E-state index is 9.42. The predicted molar refractivity (Wildman–Crippen MR) is 46.5 cm³/mol. The highest BCUT2D eigenvalue weighted by atomic mass is 16.3. The number of hydrogen-bond donors (Lipinski definition) is 2. The van der Waals surface area contributed by atoms with Gasteiger partial charge in [-0.25, -0.2) is 4.98 Å². The van der Waals surface area contributed by atoms with Gasteiger partial charge in [0.15, 0.2) is 0 Å². The molecule has 0 amide bonds. The number of imidazole rings is 1. The van der Waals surface area contributed by atoms with Gasteiger partial charge >= 0.3 is 0 Å². The fourth-order valence-electron chi connectivity index (χ4n) is 1.15. The summed E-state index contributed by atoms with van der Waals surface area (Å²) >= 11 is 0. The van der Waals surface area contributed by atoms with Gasteiger partial charge in [0.1, 0.15) is 11.9 Å². The SMILES string of the molecule is CCCn1ccnc1C(O)CN. The summed E-state index contributed by atoms with van der Waals surface area (Å²) in [6.07, 6.45) is 3.94. The zero-order chi connectivity index (χ0) is 8.97. The molecule has 0 saturated heterocycles. The Kier molecular flexibility index (Phi) is 3.25. The fraction of sp³-hybridized carbons (Fsp3) is 0.625. The van der Waals surface area contributed by atoms with E-state index in [4.69, 9.17) is 5.73 Å². The van der Waals surface area contributed by atoms with Crippen LogP contribution in [0.5, 0.6) is 0 Å². The number of nitrogens with two attached hydrogens (primary N) is 1. The molecule has 68 valence electrons. The first-order valence-electron chi connectivity index (χ1n) is 4.18. The molecule has 0 spiro atoms. The average Bonchev–Trinajstić information content (AvgIpc) is 2.52. The van der Waals surface area contributed by atoms with Crippen LogP contribution in [0, 0.1) is 0 Å². The predicted octanol–water partition coefficient (Wildman–Crippen LogP) is 0.285. The van der Waals surface area contributed by atoms with Crippen LogP contribution in [0.15, 0.2) is 12.4 Å². The first kappa shape index (κ1) is 9.22. The van der Waals surface area contributed by atoms with E-state index in [1.165, 1.54) is 0 Å². The Morgan fingerprint density at radius 3 is 3.08 bits per heavy atom. The Labute approximate surface area is 72.0 Å². The fourth-order valence-corrected chi connectivity index (χ4v) is 1.15. The van der Waals surface area contributed by atoms with Gasteiger partial charge in [-0.3, -0.25) is 0 Å². The van der Waals surface area contributed by atoms with Crippen LogP contribution >= 0.6 is 0 Å². The molecule has 0 fully saturated rings. The van der Waals surface area contributed by atoms with Gasteiger partial charge in [-0.2, -0.15) is 0 Å². The lowest BCUT2D eigenvalue weighted by Gasteiger charge is -2.09. The highest BCUT2D eigenvalue weighted by molar-refractivity contribution is 4.96. The van der Waals surface area contributed by atoms with Gasteiger partial charge < -0.3 is 15.4 Å². The minimum absolute atomic E-state index is 0.223. The Bertz CT molecular complexity index is 234. The van der Waals surface area contributed by atoms with Crippen LogP contribution in [-0.2, 0) is 6.54 Å². The minimum atomic E-state index is -0.633. The summed E-state index contributed by atoms with van der Waals surface area (Å²) in [6, 6.07) is 0. The van der Waals surface area contributed by atoms with Crippen molar-refractivity contribution in [2.24, 2.45) is 5.73 Å². The average molecular weight is 169 g/mol. The Balaban J connectivity index is 2.76. The van der Waals surface area contributed by atoms with Gasteiger partial charge in [-0.1, -0.05) is 6.92 Å². The standard InChI is InChI=1S/C8H15N3O/c1-2-4-11-5-3-10-8(11)7(12)6-9/h3,5,7,12H,2,4,6,9H2,1H3. The lowest BCUT2D eigenvalue weighted by Crippen LogP contribution is -2.16. The number of aromatic nitrogens is 2. The molecule has 4 heteroatoms. The Morgan fingerprint density at radius 2 is 2.50 bits per heavy atom. The Hall–Kier alpha value is -0.870. The molecule has 1 rings (SSSR count). The van der Waals surface area contributed by atoms with Crippen molar-refractivity contribution in [2.45, 2.75) is 26.0 Å². The summed E-state index contributed by atoms with van der Waals surface area (Å²) < 4.78 is 1.93. The van der Waals surface area contributed by atoms with Gasteiger partial charge in [0.25, 0.3) is 0 Å². The summed E-state index contributed by atoms with van der Waals surface area (Å²) in [5.74, 6) is 0.666. The summed E-state index contributed by atoms with van der Waals surface area (Å²) in [7, 11) is 0. The molecule has 0 saturated carbocycles. The third-order valence-electron chi connectivity index (χ3n) is 1.73. The molecular formula is C8H15N3O. The number of aryl methyl sites for hydroxylation is 1. The normalized spacial score (nSPS) is 13.2. The highest BCUT2D eigenvalue weighted by Crippen LogP contribution is 2.08. The molecule has 4 nitrogen and oxygen atoms in total. The zero-order valence-corrected chi connectivity index (χ0v) is 7.27. The van der Waals surface area contributed by atoms with Crippen molar-refractivity contribution in [1.82, 2.24) is 9.55 Å². The quantitative estimate of drug-likeness (QED) is 0.680. The molecule has 3 N–H and O–H groups in total. The first-order valence-corrected chi connectivity index (χ1v) is 4.18. The molecule has 0 aromatic carbocycles. The maximum atomic E-state index is 9.42. The Morgan fingerprint density at radius 1 is 1.75 bits per heavy atom. The molecule has 0 radical (unpaired) electrons. The summed E-state index contributed by atoms with van der Waals surface area (Å²) in [5.41, 5.74) is 5.32. The molecule has 0 aliphatic heterocycles. The smallest absolute Gasteiger partial charge is 0.138 e. The minimum Gasteiger partial charge on any atom is -0.384 e. The van der Waals surface area contributed by atoms with E-state index in [1.54, 1.807) is 6.20 Å². The van der Waals surface area contributed by atoms with Gasteiger partial charge in [0, 0.05) is 25.5 Å². The van der Waals surface area contributed by atoms with E-state index in [0.717, 1.165) is 13.0 Å². The second kappa shape index (κ2) is 4.23. The van der Waals surface area contributed by atoms with Crippen LogP contribution in [0.4, 0.5) is 0 Å². The largest absolute Gasteiger partial charge is 0.384 e. The van der Waals surface area contributed by atoms with E-state index >= 15 is 0 Å². The third kappa shape index (κ3) is 1.84. The summed E-state index contributed by atoms with van der Waals surface area (Å²) in [6.45, 7) is 3.19. The summed E-state index contributed by atoms with van der Waals surface area (Å²) in [5, 5.41) is 9.42. The van der Waals surface area contributed by atoms with E-state index < -0.39 is 6.10 Å². The van der Waals surface area contributed by atoms with Gasteiger partial charge in [-0.15, -0.1) is 0 Å². The lowest BCUT2D eigenvalue weighted by atomic mass is 10.3. The number of rotatable bonds is 4. The summed E-state index contributed by atoms with van der Waals surface area (Å²) in [4.78, 5) is 4.04. The van der Waals surface area contributed by atoms with E-state index in [9.17, 15) is 5.11 Å². The molecular weight excluding hydrogens is 154 g/mol. The molecule has 1 aromatic rings. The van der Waals surface area contributed by atoms with Gasteiger partial charge in [0.05, 0.1) is 0 Å². The van der Waals surface area contributed by atoms with Crippen molar-refractivity contribution in [3.05, 3.63) is 18.2 Å². The molecule has 0 bridgehead atoms. The number of nitrogens with zero attached hydrogens (tertiary/aromatic N) is 2. The van der Waals surface area contributed by atoms with Gasteiger partial charge in [-0.05, 0) is 6.42 Å². The van der Waals surface area contributed by atoms with Crippen LogP contribution in [0.2, 0.25) is 0 Å². The van der Waals surface area contributed by atoms with Crippen molar-refractivity contribution < 1.29 is 5.11 Å². The van der Waals surface area contributed by atoms with Crippen molar-refractivity contribution >= 4 is 0 Å². The van der Waals surface area contributed by atoms with Crippen LogP contribution in [0.1, 0.15) is 25.3 Å². The van der Waals surface area contributed by atoms with E-state index in [2.05, 4.69) is 11.9 Å². The van der Waals surface area contributed by atoms with Crippen LogP contribution in [0.25, 0.3) is 0 Å². The second-order valence-corrected chi connectivity index (χ2v) is 2.73. The number of aliphatic hydroxyl groups excluding tert-OH is 1. The lowest BCUT2D eigenvalue weighted by molar-refractivity contribution is 0.171. The van der Waals surface area contributed by atoms with E-state index in [1.807, 2.05) is 10.8 Å². The number of hydrogen-bond acceptors (Lipinski definition) is 3. The van der Waals surface area contributed by atoms with Crippen molar-refractivity contribution in [2.75, 3.05) is 6.54 Å². The maximum Gasteiger partial charge on any atom is 0.138 e. The molecule has 0 aliphatic carbocycles. The first-order chi connectivity index (χ1) is 5.79. The molecule has 1 aromatic heterocycles. The molecule has 1 atom stereocenters. The molecule has 1 unspecified atom stereocenters. The molecule has 1 heterocycles. The second-order valence-electron chi connectivity index (χ2n) is 2.73. The van der Waals surface area contributed by atoms with E-state index in [-0.39, 0.29) is 6.54 Å². The molecule has 12 heavy (non-hydrogen) atoms. The third-order valence-corrected chi connectivity index (χ3v) is 1.73. The molecule has 0 aliphatic rings. The van der Waals surface area contributed by atoms with Crippen LogP contribution < -0.4 is 5.73 Å². The highest BCUT2D eigenvalue weighted by Gasteiger charge is 2.10. The monoisotopic (exact) mass is 169 g/mol. The van der Waals surface area contributed by atoms with E-state index in [0.29, 0.717) is 5.82 Å². The number of aliphatic hydroxyl groups is 1. The zero-order valence-electron chi connectivity index (χ0n) is 7.27. The van der Waals surface area contributed by atoms with Crippen molar-refractivity contribution in [1.29, 1.82) is 0 Å². The topological polar surface area (TPSA) is 64.1 Å². The van der Waals surface area contributed by atoms with Crippen LogP contribution in [0.3, 0.4) is 0 Å². The van der Waals surface area contributed by atoms with Crippen molar-refractivity contribution in [3.63, 3.8) is 0 Å². The van der Waals surface area contributed by atoms with Crippen LogP contribution in [-0.4, -0.2) is 21.2 Å². The van der Waals surface area contributed by atoms with Gasteiger partial charge in [0.2, 0.25) is 0 Å².